The smallest absolute Gasteiger partial charge is 0.243 e. The maximum Gasteiger partial charge on any atom is 0.243 e. The van der Waals surface area contributed by atoms with Gasteiger partial charge in [-0.2, -0.15) is 4.31 Å². The second-order valence-electron chi connectivity index (χ2n) is 7.81. The predicted molar refractivity (Wildman–Crippen MR) is 110 cm³/mol. The monoisotopic (exact) mass is 426 g/mol. The first-order valence-electron chi connectivity index (χ1n) is 9.79. The first-order valence-corrected chi connectivity index (χ1v) is 11.2. The Morgan fingerprint density at radius 2 is 1.20 bits per heavy atom. The SMILES string of the molecule is O=S(=O)(c1ccc(F)cc1)N1C[C@@H]2N[C@H](C1)C2c1ccc(-c2ccc(F)cc2)cc1. The third-order valence-corrected chi connectivity index (χ3v) is 7.87. The number of rotatable bonds is 4. The van der Waals surface area contributed by atoms with Crippen molar-refractivity contribution in [2.45, 2.75) is 22.9 Å². The molecule has 0 aliphatic carbocycles. The molecular formula is C23H20F2N2O2S. The van der Waals surface area contributed by atoms with Gasteiger partial charge in [0, 0.05) is 31.1 Å². The van der Waals surface area contributed by atoms with Crippen molar-refractivity contribution in [3.05, 3.63) is 90.0 Å². The molecule has 3 atom stereocenters. The molecule has 0 radical (unpaired) electrons. The van der Waals surface area contributed by atoms with Crippen LogP contribution in [-0.2, 0) is 10.0 Å². The normalized spacial score (nSPS) is 23.7. The van der Waals surface area contributed by atoms with E-state index in [0.717, 1.165) is 16.7 Å². The third-order valence-electron chi connectivity index (χ3n) is 6.02. The highest BCUT2D eigenvalue weighted by Crippen LogP contribution is 2.39. The van der Waals surface area contributed by atoms with Gasteiger partial charge in [0.15, 0.2) is 0 Å². The lowest BCUT2D eigenvalue weighted by Gasteiger charge is -2.54. The molecule has 0 saturated carbocycles. The zero-order valence-corrected chi connectivity index (χ0v) is 16.8. The molecule has 0 spiro atoms. The van der Waals surface area contributed by atoms with E-state index >= 15 is 0 Å². The van der Waals surface area contributed by atoms with Gasteiger partial charge in [0.1, 0.15) is 11.6 Å². The van der Waals surface area contributed by atoms with E-state index in [1.165, 1.54) is 40.7 Å². The maximum atomic E-state index is 13.1. The molecule has 3 aromatic carbocycles. The standard InChI is InChI=1S/C23H20F2N2O2S/c24-18-7-5-16(6-8-18)15-1-3-17(4-2-15)23-21-13-27(14-22(23)26-21)30(28,29)20-11-9-19(25)10-12-20/h1-12,21-23,26H,13-14H2/t21-,22+,23?. The number of hydrogen-bond acceptors (Lipinski definition) is 3. The van der Waals surface area contributed by atoms with Gasteiger partial charge in [0.25, 0.3) is 0 Å². The zero-order chi connectivity index (χ0) is 20.9. The summed E-state index contributed by atoms with van der Waals surface area (Å²) >= 11 is 0. The van der Waals surface area contributed by atoms with Crippen LogP contribution in [0.15, 0.2) is 77.7 Å². The van der Waals surface area contributed by atoms with Crippen molar-refractivity contribution in [3.8, 4) is 11.1 Å². The fraction of sp³-hybridized carbons (Fsp3) is 0.217. The summed E-state index contributed by atoms with van der Waals surface area (Å²) in [6.45, 7) is 0.751. The maximum absolute atomic E-state index is 13.1. The van der Waals surface area contributed by atoms with Crippen molar-refractivity contribution < 1.29 is 17.2 Å². The molecule has 3 fully saturated rings. The summed E-state index contributed by atoms with van der Waals surface area (Å²) in [4.78, 5) is 0.116. The van der Waals surface area contributed by atoms with Crippen molar-refractivity contribution in [3.63, 3.8) is 0 Å². The molecule has 3 saturated heterocycles. The molecule has 2 bridgehead atoms. The number of nitrogens with one attached hydrogen (secondary N) is 1. The van der Waals surface area contributed by atoms with Gasteiger partial charge in [-0.1, -0.05) is 36.4 Å². The highest BCUT2D eigenvalue weighted by Gasteiger charge is 2.49. The van der Waals surface area contributed by atoms with E-state index in [0.29, 0.717) is 13.1 Å². The van der Waals surface area contributed by atoms with Crippen LogP contribution in [0, 0.1) is 11.6 Å². The molecule has 3 aromatic rings. The number of benzene rings is 3. The average Bonchev–Trinajstić information content (AvgIpc) is 2.75. The first-order chi connectivity index (χ1) is 14.4. The Morgan fingerprint density at radius 1 is 0.733 bits per heavy atom. The number of piperidine rings is 1. The van der Waals surface area contributed by atoms with Gasteiger partial charge in [-0.25, -0.2) is 17.2 Å². The predicted octanol–water partition coefficient (Wildman–Crippen LogP) is 3.76. The number of halogens is 2. The van der Waals surface area contributed by atoms with Crippen molar-refractivity contribution >= 4 is 10.0 Å². The minimum absolute atomic E-state index is 0.0376. The summed E-state index contributed by atoms with van der Waals surface area (Å²) in [5.41, 5.74) is 3.12. The van der Waals surface area contributed by atoms with Gasteiger partial charge in [0.05, 0.1) is 4.90 Å². The van der Waals surface area contributed by atoms with Gasteiger partial charge >= 0.3 is 0 Å². The van der Waals surface area contributed by atoms with Crippen LogP contribution in [0.4, 0.5) is 8.78 Å². The molecule has 7 heteroatoms. The van der Waals surface area contributed by atoms with Gasteiger partial charge in [-0.3, -0.25) is 0 Å². The summed E-state index contributed by atoms with van der Waals surface area (Å²) < 4.78 is 53.5. The Labute approximate surface area is 174 Å². The molecule has 4 nitrogen and oxygen atoms in total. The third kappa shape index (κ3) is 3.33. The van der Waals surface area contributed by atoms with E-state index in [1.807, 2.05) is 12.1 Å². The topological polar surface area (TPSA) is 49.4 Å². The molecule has 1 unspecified atom stereocenters. The minimum Gasteiger partial charge on any atom is -0.307 e. The Morgan fingerprint density at radius 3 is 1.73 bits per heavy atom. The van der Waals surface area contributed by atoms with Crippen molar-refractivity contribution in [1.29, 1.82) is 0 Å². The van der Waals surface area contributed by atoms with Crippen molar-refractivity contribution in [2.24, 2.45) is 0 Å². The Bertz CT molecular complexity index is 1150. The van der Waals surface area contributed by atoms with Crippen LogP contribution in [0.1, 0.15) is 11.5 Å². The number of hydrogen-bond donors (Lipinski definition) is 1. The summed E-state index contributed by atoms with van der Waals surface area (Å²) in [7, 11) is -3.64. The van der Waals surface area contributed by atoms with E-state index in [2.05, 4.69) is 17.4 Å². The van der Waals surface area contributed by atoms with Crippen LogP contribution in [0.3, 0.4) is 0 Å². The summed E-state index contributed by atoms with van der Waals surface area (Å²) in [5, 5.41) is 3.44. The fourth-order valence-electron chi connectivity index (χ4n) is 4.45. The Hall–Kier alpha value is -2.61. The van der Waals surface area contributed by atoms with Gasteiger partial charge in [-0.05, 0) is 53.1 Å². The second kappa shape index (κ2) is 7.27. The van der Waals surface area contributed by atoms with Crippen LogP contribution in [0.2, 0.25) is 0 Å². The van der Waals surface area contributed by atoms with Crippen LogP contribution < -0.4 is 5.32 Å². The zero-order valence-electron chi connectivity index (χ0n) is 16.0. The van der Waals surface area contributed by atoms with E-state index in [4.69, 9.17) is 0 Å². The lowest BCUT2D eigenvalue weighted by molar-refractivity contribution is 0.102. The number of fused-ring (bicyclic) bond motifs is 2. The van der Waals surface area contributed by atoms with Crippen LogP contribution in [-0.4, -0.2) is 37.9 Å². The number of nitrogens with zero attached hydrogens (tertiary/aromatic N) is 1. The van der Waals surface area contributed by atoms with E-state index in [1.54, 1.807) is 12.1 Å². The molecule has 0 aromatic heterocycles. The number of piperazine rings is 1. The molecule has 3 heterocycles. The summed E-state index contributed by atoms with van der Waals surface area (Å²) in [6, 6.07) is 19.6. The summed E-state index contributed by atoms with van der Waals surface area (Å²) in [6.07, 6.45) is 0. The first kappa shape index (κ1) is 19.4. The minimum atomic E-state index is -3.64. The van der Waals surface area contributed by atoms with E-state index in [9.17, 15) is 17.2 Å². The number of sulfonamides is 1. The lowest BCUT2D eigenvalue weighted by Crippen LogP contribution is -2.72. The molecule has 30 heavy (non-hydrogen) atoms. The molecule has 0 amide bonds. The van der Waals surface area contributed by atoms with Gasteiger partial charge < -0.3 is 5.32 Å². The molecule has 154 valence electrons. The van der Waals surface area contributed by atoms with Gasteiger partial charge in [-0.15, -0.1) is 0 Å². The van der Waals surface area contributed by atoms with E-state index in [-0.39, 0.29) is 28.7 Å². The Balaban J connectivity index is 1.31. The van der Waals surface area contributed by atoms with Gasteiger partial charge in [0.2, 0.25) is 10.0 Å². The highest BCUT2D eigenvalue weighted by atomic mass is 32.2. The van der Waals surface area contributed by atoms with Crippen LogP contribution >= 0.6 is 0 Å². The second-order valence-corrected chi connectivity index (χ2v) is 9.75. The molecule has 3 aliphatic heterocycles. The molecular weight excluding hydrogens is 406 g/mol. The largest absolute Gasteiger partial charge is 0.307 e. The molecule has 3 aliphatic rings. The van der Waals surface area contributed by atoms with Crippen LogP contribution in [0.5, 0.6) is 0 Å². The lowest BCUT2D eigenvalue weighted by atomic mass is 9.75. The summed E-state index contributed by atoms with van der Waals surface area (Å²) in [5.74, 6) is -0.475. The highest BCUT2D eigenvalue weighted by molar-refractivity contribution is 7.89. The van der Waals surface area contributed by atoms with Crippen molar-refractivity contribution in [2.75, 3.05) is 13.1 Å². The molecule has 6 rings (SSSR count). The van der Waals surface area contributed by atoms with Crippen molar-refractivity contribution in [1.82, 2.24) is 9.62 Å². The van der Waals surface area contributed by atoms with E-state index < -0.39 is 15.8 Å². The van der Waals surface area contributed by atoms with Crippen LogP contribution in [0.25, 0.3) is 11.1 Å². The average molecular weight is 426 g/mol. The molecule has 1 N–H and O–H groups in total. The quantitative estimate of drug-likeness (QED) is 0.691. The fourth-order valence-corrected chi connectivity index (χ4v) is 5.94. The Kier molecular flexibility index (Phi) is 4.69.